The van der Waals surface area contributed by atoms with Crippen LogP contribution in [0.15, 0.2) is 60.9 Å². The average molecular weight is 267 g/mol. The van der Waals surface area contributed by atoms with Crippen molar-refractivity contribution in [1.82, 2.24) is 9.55 Å². The quantitative estimate of drug-likeness (QED) is 0.775. The van der Waals surface area contributed by atoms with Gasteiger partial charge in [-0.25, -0.2) is 9.37 Å². The zero-order valence-corrected chi connectivity index (χ0v) is 11.0. The Hall–Kier alpha value is -2.62. The van der Waals surface area contributed by atoms with E-state index >= 15 is 0 Å². The lowest BCUT2D eigenvalue weighted by molar-refractivity contribution is 0.617. The highest BCUT2D eigenvalue weighted by molar-refractivity contribution is 5.56. The summed E-state index contributed by atoms with van der Waals surface area (Å²) in [6.45, 7) is 1.76. The van der Waals surface area contributed by atoms with E-state index in [9.17, 15) is 4.39 Å². The van der Waals surface area contributed by atoms with Gasteiger partial charge < -0.3 is 5.32 Å². The fraction of sp³-hybridized carbons (Fsp3) is 0.0625. The third-order valence-electron chi connectivity index (χ3n) is 3.17. The van der Waals surface area contributed by atoms with Crippen LogP contribution in [0.4, 0.5) is 16.0 Å². The van der Waals surface area contributed by atoms with Crippen molar-refractivity contribution in [3.63, 3.8) is 0 Å². The lowest BCUT2D eigenvalue weighted by Gasteiger charge is -2.12. The summed E-state index contributed by atoms with van der Waals surface area (Å²) in [6, 6.07) is 14.8. The number of rotatable bonds is 3. The molecule has 0 unspecified atom stereocenters. The van der Waals surface area contributed by atoms with E-state index in [4.69, 9.17) is 0 Å². The van der Waals surface area contributed by atoms with E-state index in [0.717, 1.165) is 11.4 Å². The smallest absolute Gasteiger partial charge is 0.212 e. The van der Waals surface area contributed by atoms with Crippen molar-refractivity contribution in [2.45, 2.75) is 6.92 Å². The molecule has 0 amide bonds. The van der Waals surface area contributed by atoms with Crippen molar-refractivity contribution in [3.05, 3.63) is 72.3 Å². The molecule has 0 atom stereocenters. The van der Waals surface area contributed by atoms with Crippen LogP contribution in [0.5, 0.6) is 0 Å². The van der Waals surface area contributed by atoms with Gasteiger partial charge in [-0.1, -0.05) is 24.3 Å². The molecule has 100 valence electrons. The SMILES string of the molecule is Cc1c(F)cccc1-n1ccnc1Nc1ccccc1. The summed E-state index contributed by atoms with van der Waals surface area (Å²) >= 11 is 0. The molecule has 3 aromatic rings. The Morgan fingerprint density at radius 2 is 1.85 bits per heavy atom. The van der Waals surface area contributed by atoms with E-state index in [0.29, 0.717) is 11.5 Å². The number of imidazole rings is 1. The van der Waals surface area contributed by atoms with Crippen LogP contribution in [0.2, 0.25) is 0 Å². The van der Waals surface area contributed by atoms with Crippen molar-refractivity contribution in [3.8, 4) is 5.69 Å². The molecular formula is C16H14FN3. The number of para-hydroxylation sites is 1. The zero-order valence-electron chi connectivity index (χ0n) is 11.0. The fourth-order valence-electron chi connectivity index (χ4n) is 2.10. The normalized spacial score (nSPS) is 10.5. The first-order valence-corrected chi connectivity index (χ1v) is 6.36. The molecule has 0 saturated carbocycles. The summed E-state index contributed by atoms with van der Waals surface area (Å²) in [4.78, 5) is 4.29. The minimum atomic E-state index is -0.220. The van der Waals surface area contributed by atoms with Crippen molar-refractivity contribution in [2.75, 3.05) is 5.32 Å². The second-order valence-corrected chi connectivity index (χ2v) is 4.50. The van der Waals surface area contributed by atoms with Gasteiger partial charge >= 0.3 is 0 Å². The standard InChI is InChI=1S/C16H14FN3/c1-12-14(17)8-5-9-15(12)20-11-10-18-16(20)19-13-6-3-2-4-7-13/h2-11H,1H3,(H,18,19). The summed E-state index contributed by atoms with van der Waals surface area (Å²) in [7, 11) is 0. The number of nitrogens with zero attached hydrogens (tertiary/aromatic N) is 2. The van der Waals surface area contributed by atoms with E-state index < -0.39 is 0 Å². The van der Waals surface area contributed by atoms with Gasteiger partial charge in [0.15, 0.2) is 0 Å². The van der Waals surface area contributed by atoms with Crippen molar-refractivity contribution < 1.29 is 4.39 Å². The number of anilines is 2. The summed E-state index contributed by atoms with van der Waals surface area (Å²) in [5, 5.41) is 3.23. The molecule has 3 rings (SSSR count). The minimum absolute atomic E-state index is 0.220. The molecule has 0 fully saturated rings. The number of halogens is 1. The second-order valence-electron chi connectivity index (χ2n) is 4.50. The lowest BCUT2D eigenvalue weighted by atomic mass is 10.2. The van der Waals surface area contributed by atoms with Crippen molar-refractivity contribution >= 4 is 11.6 Å². The van der Waals surface area contributed by atoms with Crippen LogP contribution in [-0.2, 0) is 0 Å². The van der Waals surface area contributed by atoms with Gasteiger partial charge in [-0.05, 0) is 31.2 Å². The molecule has 1 aromatic heterocycles. The van der Waals surface area contributed by atoms with Crippen molar-refractivity contribution in [2.24, 2.45) is 0 Å². The van der Waals surface area contributed by atoms with E-state index in [-0.39, 0.29) is 5.82 Å². The van der Waals surface area contributed by atoms with Crippen LogP contribution in [0.3, 0.4) is 0 Å². The summed E-state index contributed by atoms with van der Waals surface area (Å²) in [5.41, 5.74) is 2.32. The molecule has 2 aromatic carbocycles. The maximum atomic E-state index is 13.7. The Kier molecular flexibility index (Phi) is 3.21. The Morgan fingerprint density at radius 3 is 2.65 bits per heavy atom. The molecule has 0 saturated heterocycles. The van der Waals surface area contributed by atoms with Gasteiger partial charge in [-0.15, -0.1) is 0 Å². The molecule has 20 heavy (non-hydrogen) atoms. The predicted octanol–water partition coefficient (Wildman–Crippen LogP) is 4.06. The first kappa shape index (κ1) is 12.4. The highest BCUT2D eigenvalue weighted by atomic mass is 19.1. The summed E-state index contributed by atoms with van der Waals surface area (Å²) in [6.07, 6.45) is 3.50. The molecule has 0 bridgehead atoms. The molecule has 0 radical (unpaired) electrons. The topological polar surface area (TPSA) is 29.9 Å². The minimum Gasteiger partial charge on any atom is -0.325 e. The third-order valence-corrected chi connectivity index (χ3v) is 3.17. The summed E-state index contributed by atoms with van der Waals surface area (Å²) in [5.74, 6) is 0.437. The monoisotopic (exact) mass is 267 g/mol. The van der Waals surface area contributed by atoms with Gasteiger partial charge in [-0.2, -0.15) is 0 Å². The number of nitrogens with one attached hydrogen (secondary N) is 1. The Labute approximate surface area is 116 Å². The molecule has 1 heterocycles. The largest absolute Gasteiger partial charge is 0.325 e. The van der Waals surface area contributed by atoms with Gasteiger partial charge in [0.25, 0.3) is 0 Å². The van der Waals surface area contributed by atoms with Crippen LogP contribution >= 0.6 is 0 Å². The number of aromatic nitrogens is 2. The maximum Gasteiger partial charge on any atom is 0.212 e. The van der Waals surface area contributed by atoms with Gasteiger partial charge in [0, 0.05) is 23.6 Å². The number of hydrogen-bond donors (Lipinski definition) is 1. The first-order chi connectivity index (χ1) is 9.75. The predicted molar refractivity (Wildman–Crippen MR) is 78.0 cm³/mol. The van der Waals surface area contributed by atoms with Crippen molar-refractivity contribution in [1.29, 1.82) is 0 Å². The van der Waals surface area contributed by atoms with E-state index in [1.165, 1.54) is 6.07 Å². The van der Waals surface area contributed by atoms with E-state index in [1.54, 1.807) is 19.2 Å². The molecule has 0 aliphatic rings. The van der Waals surface area contributed by atoms with Crippen LogP contribution in [-0.4, -0.2) is 9.55 Å². The maximum absolute atomic E-state index is 13.7. The molecular weight excluding hydrogens is 253 g/mol. The van der Waals surface area contributed by atoms with Crippen LogP contribution in [0.1, 0.15) is 5.56 Å². The van der Waals surface area contributed by atoms with Gasteiger partial charge in [0.1, 0.15) is 5.82 Å². The van der Waals surface area contributed by atoms with E-state index in [1.807, 2.05) is 47.2 Å². The van der Waals surface area contributed by atoms with Gasteiger partial charge in [0.05, 0.1) is 5.69 Å². The zero-order chi connectivity index (χ0) is 13.9. The fourth-order valence-corrected chi connectivity index (χ4v) is 2.10. The molecule has 0 aliphatic carbocycles. The first-order valence-electron chi connectivity index (χ1n) is 6.36. The van der Waals surface area contributed by atoms with E-state index in [2.05, 4.69) is 10.3 Å². The molecule has 1 N–H and O–H groups in total. The second kappa shape index (κ2) is 5.17. The molecule has 0 spiro atoms. The Morgan fingerprint density at radius 1 is 1.05 bits per heavy atom. The number of benzene rings is 2. The van der Waals surface area contributed by atoms with Gasteiger partial charge in [0.2, 0.25) is 5.95 Å². The Balaban J connectivity index is 2.00. The highest BCUT2D eigenvalue weighted by Crippen LogP contribution is 2.22. The molecule has 3 nitrogen and oxygen atoms in total. The Bertz CT molecular complexity index is 720. The molecule has 4 heteroatoms. The van der Waals surface area contributed by atoms with Crippen LogP contribution in [0.25, 0.3) is 5.69 Å². The van der Waals surface area contributed by atoms with Crippen LogP contribution < -0.4 is 5.32 Å². The summed E-state index contributed by atoms with van der Waals surface area (Å²) < 4.78 is 15.5. The van der Waals surface area contributed by atoms with Crippen LogP contribution in [0, 0.1) is 12.7 Å². The highest BCUT2D eigenvalue weighted by Gasteiger charge is 2.09. The molecule has 0 aliphatic heterocycles. The lowest BCUT2D eigenvalue weighted by Crippen LogP contribution is -2.03. The third kappa shape index (κ3) is 2.28. The number of hydrogen-bond acceptors (Lipinski definition) is 2. The average Bonchev–Trinajstić information content (AvgIpc) is 2.91. The van der Waals surface area contributed by atoms with Gasteiger partial charge in [-0.3, -0.25) is 4.57 Å².